The molecule has 1 aromatic carbocycles. The van der Waals surface area contributed by atoms with E-state index in [2.05, 4.69) is 66.3 Å². The zero-order valence-electron chi connectivity index (χ0n) is 12.4. The molecule has 2 unspecified atom stereocenters. The molecule has 1 nitrogen and oxygen atoms in total. The van der Waals surface area contributed by atoms with Crippen LogP contribution in [0.4, 0.5) is 0 Å². The largest absolute Gasteiger partial charge is 0.308 e. The van der Waals surface area contributed by atoms with Gasteiger partial charge in [-0.2, -0.15) is 0 Å². The summed E-state index contributed by atoms with van der Waals surface area (Å²) in [6, 6.07) is 8.67. The van der Waals surface area contributed by atoms with Gasteiger partial charge in [0.2, 0.25) is 0 Å². The fraction of sp³-hybridized carbons (Fsp3) is 0.647. The number of hydrogen-bond donors (Lipinski definition) is 1. The van der Waals surface area contributed by atoms with Gasteiger partial charge in [0.25, 0.3) is 0 Å². The molecule has 1 saturated carbocycles. The third kappa shape index (κ3) is 4.32. The maximum atomic E-state index is 3.77. The summed E-state index contributed by atoms with van der Waals surface area (Å²) >= 11 is 3.50. The fourth-order valence-electron chi connectivity index (χ4n) is 3.11. The van der Waals surface area contributed by atoms with Crippen molar-refractivity contribution in [3.63, 3.8) is 0 Å². The van der Waals surface area contributed by atoms with Crippen molar-refractivity contribution >= 4 is 15.9 Å². The highest BCUT2D eigenvalue weighted by Crippen LogP contribution is 2.29. The topological polar surface area (TPSA) is 12.0 Å². The van der Waals surface area contributed by atoms with E-state index in [0.29, 0.717) is 0 Å². The second-order valence-electron chi connectivity index (χ2n) is 6.65. The van der Waals surface area contributed by atoms with Crippen LogP contribution in [0.15, 0.2) is 28.7 Å². The molecule has 0 spiro atoms. The zero-order valence-corrected chi connectivity index (χ0v) is 14.0. The highest BCUT2D eigenvalue weighted by Gasteiger charge is 2.24. The Hall–Kier alpha value is -0.340. The van der Waals surface area contributed by atoms with Crippen LogP contribution in [0.2, 0.25) is 0 Å². The Kier molecular flexibility index (Phi) is 5.08. The van der Waals surface area contributed by atoms with Gasteiger partial charge in [-0.05, 0) is 62.8 Å². The number of hydrogen-bond acceptors (Lipinski definition) is 1. The normalized spacial score (nSPS) is 24.4. The van der Waals surface area contributed by atoms with Gasteiger partial charge in [0.05, 0.1) is 0 Å². The Morgan fingerprint density at radius 2 is 1.89 bits per heavy atom. The van der Waals surface area contributed by atoms with Gasteiger partial charge in [0, 0.05) is 10.0 Å². The number of halogens is 1. The molecule has 0 bridgehead atoms. The summed E-state index contributed by atoms with van der Waals surface area (Å²) in [7, 11) is 0. The van der Waals surface area contributed by atoms with Crippen LogP contribution in [0.3, 0.4) is 0 Å². The summed E-state index contributed by atoms with van der Waals surface area (Å²) in [4.78, 5) is 0. The molecule has 0 heterocycles. The van der Waals surface area contributed by atoms with Gasteiger partial charge in [-0.15, -0.1) is 0 Å². The smallest absolute Gasteiger partial charge is 0.0377 e. The summed E-state index contributed by atoms with van der Waals surface area (Å²) in [5, 5.41) is 3.77. The average molecular weight is 324 g/mol. The molecule has 2 heteroatoms. The Labute approximate surface area is 126 Å². The van der Waals surface area contributed by atoms with Crippen molar-refractivity contribution < 1.29 is 0 Å². The monoisotopic (exact) mass is 323 g/mol. The van der Waals surface area contributed by atoms with Crippen LogP contribution in [0.5, 0.6) is 0 Å². The van der Waals surface area contributed by atoms with E-state index < -0.39 is 0 Å². The first-order chi connectivity index (χ1) is 8.97. The van der Waals surface area contributed by atoms with Crippen molar-refractivity contribution in [3.8, 4) is 0 Å². The van der Waals surface area contributed by atoms with Crippen LogP contribution in [-0.4, -0.2) is 6.54 Å². The van der Waals surface area contributed by atoms with Crippen molar-refractivity contribution in [1.29, 1.82) is 0 Å². The van der Waals surface area contributed by atoms with E-state index in [1.165, 1.54) is 31.2 Å². The van der Waals surface area contributed by atoms with Gasteiger partial charge in [-0.3, -0.25) is 0 Å². The van der Waals surface area contributed by atoms with Crippen LogP contribution >= 0.6 is 15.9 Å². The second-order valence-corrected chi connectivity index (χ2v) is 7.57. The summed E-state index contributed by atoms with van der Waals surface area (Å²) in [6.07, 6.45) is 5.62. The van der Waals surface area contributed by atoms with Crippen LogP contribution in [0.1, 0.15) is 52.0 Å². The van der Waals surface area contributed by atoms with Crippen LogP contribution in [0.25, 0.3) is 0 Å². The lowest BCUT2D eigenvalue weighted by Gasteiger charge is -2.32. The lowest BCUT2D eigenvalue weighted by molar-refractivity contribution is 0.250. The van der Waals surface area contributed by atoms with Gasteiger partial charge < -0.3 is 5.32 Å². The minimum Gasteiger partial charge on any atom is -0.308 e. The Balaban J connectivity index is 1.91. The number of rotatable bonds is 4. The van der Waals surface area contributed by atoms with Gasteiger partial charge in [0.1, 0.15) is 0 Å². The van der Waals surface area contributed by atoms with Crippen molar-refractivity contribution in [3.05, 3.63) is 34.3 Å². The summed E-state index contributed by atoms with van der Waals surface area (Å²) in [5.74, 6) is 1.77. The maximum Gasteiger partial charge on any atom is 0.0377 e. The third-order valence-corrected chi connectivity index (χ3v) is 4.97. The van der Waals surface area contributed by atoms with Gasteiger partial charge in [-0.1, -0.05) is 47.8 Å². The van der Waals surface area contributed by atoms with E-state index in [1.54, 1.807) is 0 Å². The molecule has 1 N–H and O–H groups in total. The molecule has 1 aliphatic carbocycles. The van der Waals surface area contributed by atoms with E-state index in [-0.39, 0.29) is 5.54 Å². The van der Waals surface area contributed by atoms with E-state index in [0.717, 1.165) is 22.9 Å². The van der Waals surface area contributed by atoms with Gasteiger partial charge >= 0.3 is 0 Å². The lowest BCUT2D eigenvalue weighted by atomic mass is 9.82. The average Bonchev–Trinajstić information content (AvgIpc) is 2.37. The SMILES string of the molecule is CC1CCCC(CNC(C)(C)c2ccc(Br)cc2)C1. The molecule has 0 aromatic heterocycles. The molecule has 1 fully saturated rings. The molecule has 1 aromatic rings. The molecule has 0 aliphatic heterocycles. The molecule has 106 valence electrons. The highest BCUT2D eigenvalue weighted by atomic mass is 79.9. The van der Waals surface area contributed by atoms with Crippen molar-refractivity contribution in [2.45, 2.75) is 52.0 Å². The minimum absolute atomic E-state index is 0.0569. The molecular formula is C17H26BrN. The maximum absolute atomic E-state index is 3.77. The van der Waals surface area contributed by atoms with E-state index in [1.807, 2.05) is 0 Å². The molecule has 0 amide bonds. The van der Waals surface area contributed by atoms with Crippen molar-refractivity contribution in [2.75, 3.05) is 6.54 Å². The number of nitrogens with one attached hydrogen (secondary N) is 1. The highest BCUT2D eigenvalue weighted by molar-refractivity contribution is 9.10. The predicted octanol–water partition coefficient (Wildman–Crippen LogP) is 5.10. The summed E-state index contributed by atoms with van der Waals surface area (Å²) in [6.45, 7) is 8.10. The molecule has 1 aliphatic rings. The Morgan fingerprint density at radius 1 is 1.21 bits per heavy atom. The minimum atomic E-state index is 0.0569. The summed E-state index contributed by atoms with van der Waals surface area (Å²) in [5.41, 5.74) is 1.42. The fourth-order valence-corrected chi connectivity index (χ4v) is 3.38. The molecule has 2 rings (SSSR count). The van der Waals surface area contributed by atoms with Crippen LogP contribution in [-0.2, 0) is 5.54 Å². The first kappa shape index (κ1) is 15.1. The first-order valence-electron chi connectivity index (χ1n) is 7.48. The Bertz CT molecular complexity index is 396. The molecule has 0 saturated heterocycles. The molecule has 0 radical (unpaired) electrons. The van der Waals surface area contributed by atoms with Crippen LogP contribution < -0.4 is 5.32 Å². The standard InChI is InChI=1S/C17H26BrN/c1-13-5-4-6-14(11-13)12-19-17(2,3)15-7-9-16(18)10-8-15/h7-10,13-14,19H,4-6,11-12H2,1-3H3. The summed E-state index contributed by atoms with van der Waals surface area (Å²) < 4.78 is 1.15. The Morgan fingerprint density at radius 3 is 2.53 bits per heavy atom. The second kappa shape index (κ2) is 6.41. The van der Waals surface area contributed by atoms with E-state index >= 15 is 0 Å². The zero-order chi connectivity index (χ0) is 13.9. The first-order valence-corrected chi connectivity index (χ1v) is 8.28. The molecule has 2 atom stereocenters. The van der Waals surface area contributed by atoms with Gasteiger partial charge in [0.15, 0.2) is 0 Å². The lowest BCUT2D eigenvalue weighted by Crippen LogP contribution is -2.40. The van der Waals surface area contributed by atoms with E-state index in [4.69, 9.17) is 0 Å². The quantitative estimate of drug-likeness (QED) is 0.812. The predicted molar refractivity (Wildman–Crippen MR) is 86.3 cm³/mol. The molecular weight excluding hydrogens is 298 g/mol. The van der Waals surface area contributed by atoms with Crippen molar-refractivity contribution in [1.82, 2.24) is 5.32 Å². The van der Waals surface area contributed by atoms with Crippen LogP contribution in [0, 0.1) is 11.8 Å². The van der Waals surface area contributed by atoms with E-state index in [9.17, 15) is 0 Å². The third-order valence-electron chi connectivity index (χ3n) is 4.44. The van der Waals surface area contributed by atoms with Crippen molar-refractivity contribution in [2.24, 2.45) is 11.8 Å². The van der Waals surface area contributed by atoms with Gasteiger partial charge in [-0.25, -0.2) is 0 Å². The molecule has 19 heavy (non-hydrogen) atoms. The number of benzene rings is 1.